The van der Waals surface area contributed by atoms with Crippen LogP contribution < -0.4 is 10.1 Å². The zero-order valence-corrected chi connectivity index (χ0v) is 17.3. The van der Waals surface area contributed by atoms with Crippen LogP contribution in [0.2, 0.25) is 5.02 Å². The number of sulfonamides is 1. The van der Waals surface area contributed by atoms with Gasteiger partial charge < -0.3 is 14.8 Å². The van der Waals surface area contributed by atoms with Gasteiger partial charge in [-0.3, -0.25) is 4.79 Å². The van der Waals surface area contributed by atoms with E-state index < -0.39 is 10.0 Å². The molecule has 152 valence electrons. The molecule has 9 heteroatoms. The van der Waals surface area contributed by atoms with Crippen LogP contribution in [0.25, 0.3) is 0 Å². The van der Waals surface area contributed by atoms with Gasteiger partial charge in [-0.25, -0.2) is 8.42 Å². The molecule has 1 amide bonds. The van der Waals surface area contributed by atoms with Crippen molar-refractivity contribution in [2.45, 2.75) is 31.1 Å². The van der Waals surface area contributed by atoms with E-state index in [4.69, 9.17) is 21.1 Å². The summed E-state index contributed by atoms with van der Waals surface area (Å²) in [4.78, 5) is 12.5. The number of hydrogen-bond acceptors (Lipinski definition) is 5. The van der Waals surface area contributed by atoms with Crippen LogP contribution in [-0.2, 0) is 19.6 Å². The number of benzene rings is 1. The topological polar surface area (TPSA) is 84.9 Å². The van der Waals surface area contributed by atoms with Gasteiger partial charge in [0.05, 0.1) is 22.9 Å². The first kappa shape index (κ1) is 21.9. The van der Waals surface area contributed by atoms with Gasteiger partial charge in [-0.2, -0.15) is 4.31 Å². The first-order chi connectivity index (χ1) is 12.9. The normalized spacial score (nSPS) is 18.3. The molecule has 1 aliphatic rings. The van der Waals surface area contributed by atoms with Gasteiger partial charge in [-0.15, -0.1) is 0 Å². The maximum absolute atomic E-state index is 12.9. The van der Waals surface area contributed by atoms with Crippen molar-refractivity contribution >= 4 is 27.5 Å². The maximum atomic E-state index is 12.9. The highest BCUT2D eigenvalue weighted by Crippen LogP contribution is 2.30. The van der Waals surface area contributed by atoms with Crippen LogP contribution in [0.15, 0.2) is 23.1 Å². The minimum atomic E-state index is -3.72. The Balaban J connectivity index is 1.99. The van der Waals surface area contributed by atoms with Crippen LogP contribution in [-0.4, -0.2) is 58.6 Å². The van der Waals surface area contributed by atoms with E-state index in [0.29, 0.717) is 44.9 Å². The third-order valence-corrected chi connectivity index (χ3v) is 6.64. The third-order valence-electron chi connectivity index (χ3n) is 4.48. The lowest BCUT2D eigenvalue weighted by molar-refractivity contribution is -0.126. The smallest absolute Gasteiger partial charge is 0.243 e. The number of amides is 1. The molecule has 0 aliphatic carbocycles. The molecule has 0 aromatic heterocycles. The van der Waals surface area contributed by atoms with Gasteiger partial charge in [-0.1, -0.05) is 11.6 Å². The summed E-state index contributed by atoms with van der Waals surface area (Å²) >= 11 is 6.06. The summed E-state index contributed by atoms with van der Waals surface area (Å²) < 4.78 is 37.5. The first-order valence-electron chi connectivity index (χ1n) is 9.09. The quantitative estimate of drug-likeness (QED) is 0.622. The van der Waals surface area contributed by atoms with E-state index in [1.54, 1.807) is 0 Å². The van der Waals surface area contributed by atoms with Crippen molar-refractivity contribution in [3.8, 4) is 5.75 Å². The molecule has 1 fully saturated rings. The van der Waals surface area contributed by atoms with E-state index in [1.165, 1.54) is 29.6 Å². The molecule has 0 bridgehead atoms. The van der Waals surface area contributed by atoms with Gasteiger partial charge in [0, 0.05) is 32.8 Å². The average Bonchev–Trinajstić information content (AvgIpc) is 2.67. The molecule has 0 unspecified atom stereocenters. The second-order valence-electron chi connectivity index (χ2n) is 6.34. The lowest BCUT2D eigenvalue weighted by Crippen LogP contribution is -2.45. The fourth-order valence-corrected chi connectivity index (χ4v) is 4.88. The summed E-state index contributed by atoms with van der Waals surface area (Å²) in [5.74, 6) is -0.0490. The number of ether oxygens (including phenoxy) is 2. The molecule has 0 radical (unpaired) electrons. The highest BCUT2D eigenvalue weighted by molar-refractivity contribution is 7.89. The summed E-state index contributed by atoms with van der Waals surface area (Å²) in [5.41, 5.74) is 0. The number of carbonyl (C=O) groups excluding carboxylic acids is 1. The van der Waals surface area contributed by atoms with Gasteiger partial charge in [-0.05, 0) is 44.4 Å². The summed E-state index contributed by atoms with van der Waals surface area (Å²) in [6.45, 7) is 4.25. The summed E-state index contributed by atoms with van der Waals surface area (Å²) in [7, 11) is -2.25. The van der Waals surface area contributed by atoms with Crippen LogP contribution in [0.3, 0.4) is 0 Å². The molecule has 1 atom stereocenters. The molecule has 1 aromatic carbocycles. The average molecular weight is 419 g/mol. The highest BCUT2D eigenvalue weighted by atomic mass is 35.5. The molecule has 0 saturated carbocycles. The summed E-state index contributed by atoms with van der Waals surface area (Å²) in [6.07, 6.45) is 2.05. The lowest BCUT2D eigenvalue weighted by atomic mass is 9.99. The summed E-state index contributed by atoms with van der Waals surface area (Å²) in [6, 6.07) is 4.38. The Hall–Kier alpha value is -1.35. The van der Waals surface area contributed by atoms with Crippen molar-refractivity contribution in [2.24, 2.45) is 5.92 Å². The molecule has 7 nitrogen and oxygen atoms in total. The largest absolute Gasteiger partial charge is 0.495 e. The minimum absolute atomic E-state index is 0.103. The molecule has 1 aliphatic heterocycles. The number of nitrogens with zero attached hydrogens (tertiary/aromatic N) is 1. The Morgan fingerprint density at radius 1 is 1.41 bits per heavy atom. The number of carbonyl (C=O) groups is 1. The second kappa shape index (κ2) is 10.3. The van der Waals surface area contributed by atoms with Crippen molar-refractivity contribution in [1.82, 2.24) is 9.62 Å². The van der Waals surface area contributed by atoms with E-state index in [2.05, 4.69) is 5.32 Å². The van der Waals surface area contributed by atoms with Gasteiger partial charge in [0.1, 0.15) is 5.75 Å². The maximum Gasteiger partial charge on any atom is 0.243 e. The Kier molecular flexibility index (Phi) is 8.34. The van der Waals surface area contributed by atoms with Crippen LogP contribution in [0.5, 0.6) is 5.75 Å². The number of nitrogens with one attached hydrogen (secondary N) is 1. The standard InChI is InChI=1S/C18H27ClN2O5S/c1-3-26-11-5-9-20-18(22)14-6-4-10-21(13-14)27(23,24)15-7-8-17(25-2)16(19)12-15/h7-8,12,14H,3-6,9-11,13H2,1-2H3,(H,20,22)/t14-/m1/s1. The zero-order valence-electron chi connectivity index (χ0n) is 15.7. The Bertz CT molecular complexity index is 741. The van der Waals surface area contributed by atoms with E-state index in [1.807, 2.05) is 6.92 Å². The third kappa shape index (κ3) is 5.81. The number of methoxy groups -OCH3 is 1. The Labute approximate surface area is 166 Å². The predicted octanol–water partition coefficient (Wildman–Crippen LogP) is 2.29. The van der Waals surface area contributed by atoms with E-state index in [0.717, 1.165) is 6.42 Å². The van der Waals surface area contributed by atoms with Crippen LogP contribution in [0.4, 0.5) is 0 Å². The fraction of sp³-hybridized carbons (Fsp3) is 0.611. The van der Waals surface area contributed by atoms with Gasteiger partial charge >= 0.3 is 0 Å². The second-order valence-corrected chi connectivity index (χ2v) is 8.69. The van der Waals surface area contributed by atoms with E-state index in [9.17, 15) is 13.2 Å². The number of hydrogen-bond donors (Lipinski definition) is 1. The molecule has 1 saturated heterocycles. The predicted molar refractivity (Wildman–Crippen MR) is 104 cm³/mol. The lowest BCUT2D eigenvalue weighted by Gasteiger charge is -2.31. The molecule has 2 rings (SSSR count). The van der Waals surface area contributed by atoms with Crippen LogP contribution >= 0.6 is 11.6 Å². The molecular weight excluding hydrogens is 392 g/mol. The van der Waals surface area contributed by atoms with Crippen molar-refractivity contribution in [2.75, 3.05) is 40.0 Å². The molecule has 1 aromatic rings. The fourth-order valence-electron chi connectivity index (χ4n) is 3.01. The minimum Gasteiger partial charge on any atom is -0.495 e. The molecule has 1 heterocycles. The van der Waals surface area contributed by atoms with Crippen molar-refractivity contribution in [3.05, 3.63) is 23.2 Å². The summed E-state index contributed by atoms with van der Waals surface area (Å²) in [5, 5.41) is 3.10. The van der Waals surface area contributed by atoms with Gasteiger partial charge in [0.2, 0.25) is 15.9 Å². The highest BCUT2D eigenvalue weighted by Gasteiger charge is 2.33. The monoisotopic (exact) mass is 418 g/mol. The number of halogens is 1. The Morgan fingerprint density at radius 2 is 2.19 bits per heavy atom. The Morgan fingerprint density at radius 3 is 2.85 bits per heavy atom. The van der Waals surface area contributed by atoms with E-state index in [-0.39, 0.29) is 28.3 Å². The zero-order chi connectivity index (χ0) is 19.9. The van der Waals surface area contributed by atoms with Crippen molar-refractivity contribution in [1.29, 1.82) is 0 Å². The molecule has 0 spiro atoms. The van der Waals surface area contributed by atoms with Crippen molar-refractivity contribution in [3.63, 3.8) is 0 Å². The molecular formula is C18H27ClN2O5S. The van der Waals surface area contributed by atoms with E-state index >= 15 is 0 Å². The van der Waals surface area contributed by atoms with Crippen molar-refractivity contribution < 1.29 is 22.7 Å². The van der Waals surface area contributed by atoms with Gasteiger partial charge in [0.25, 0.3) is 0 Å². The molecule has 1 N–H and O–H groups in total. The first-order valence-corrected chi connectivity index (χ1v) is 10.9. The number of piperidine rings is 1. The van der Waals surface area contributed by atoms with Crippen LogP contribution in [0, 0.1) is 5.92 Å². The van der Waals surface area contributed by atoms with Gasteiger partial charge in [0.15, 0.2) is 0 Å². The SMILES string of the molecule is CCOCCCNC(=O)[C@@H]1CCCN(S(=O)(=O)c2ccc(OC)c(Cl)c2)C1. The number of rotatable bonds is 9. The molecule has 27 heavy (non-hydrogen) atoms. The van der Waals surface area contributed by atoms with Crippen LogP contribution in [0.1, 0.15) is 26.2 Å².